The van der Waals surface area contributed by atoms with Crippen LogP contribution in [0.3, 0.4) is 0 Å². The van der Waals surface area contributed by atoms with Crippen LogP contribution in [-0.2, 0) is 0 Å². The number of fused-ring (bicyclic) bond motifs is 2. The van der Waals surface area contributed by atoms with Crippen molar-refractivity contribution < 1.29 is 22.3 Å². The molecule has 3 aromatic heterocycles. The van der Waals surface area contributed by atoms with Crippen LogP contribution in [0.15, 0.2) is 48.7 Å². The van der Waals surface area contributed by atoms with Crippen LogP contribution in [0.1, 0.15) is 31.9 Å². The van der Waals surface area contributed by atoms with Crippen LogP contribution in [0.2, 0.25) is 0 Å². The van der Waals surface area contributed by atoms with Crippen LogP contribution in [0.25, 0.3) is 28.1 Å². The van der Waals surface area contributed by atoms with E-state index in [0.717, 1.165) is 5.39 Å². The zero-order chi connectivity index (χ0) is 26.2. The molecule has 4 aromatic rings. The summed E-state index contributed by atoms with van der Waals surface area (Å²) in [5.41, 5.74) is 1.60. The van der Waals surface area contributed by atoms with E-state index in [1.807, 2.05) is 38.1 Å². The molecule has 5 rings (SSSR count). The molecule has 0 spiro atoms. The molecule has 1 aliphatic rings. The molecule has 1 fully saturated rings. The smallest absolute Gasteiger partial charge is 0.408 e. The average molecular weight is 589 g/mol. The molecule has 1 N–H and O–H groups in total. The summed E-state index contributed by atoms with van der Waals surface area (Å²) in [5, 5.41) is 12.2. The summed E-state index contributed by atoms with van der Waals surface area (Å²) >= 11 is 0. The van der Waals surface area contributed by atoms with E-state index in [4.69, 9.17) is 9.72 Å². The standard InChI is InChI=1S/C26H28F4N6O.2ClH/c1-16(2)37-21-5-3-4-17-6-8-20(32-23(17)21)25-34-33-22-9-7-18(14-36(22)25)24(26(28,29)30)35-13-10-19(15-35)31-12-11-27;;/h3-9,14,16,19,24,31H,10-13,15H2,1-2H3;2*1H/t19?,24-;;/m1../s1. The lowest BCUT2D eigenvalue weighted by Crippen LogP contribution is -2.40. The second-order valence-electron chi connectivity index (χ2n) is 9.47. The van der Waals surface area contributed by atoms with Gasteiger partial charge in [-0.1, -0.05) is 24.3 Å². The molecule has 0 radical (unpaired) electrons. The zero-order valence-electron chi connectivity index (χ0n) is 21.4. The van der Waals surface area contributed by atoms with E-state index in [1.54, 1.807) is 10.5 Å². The number of halogens is 6. The second-order valence-corrected chi connectivity index (χ2v) is 9.47. The van der Waals surface area contributed by atoms with Crippen molar-refractivity contribution in [3.05, 3.63) is 54.2 Å². The fourth-order valence-corrected chi connectivity index (χ4v) is 4.89. The Kier molecular flexibility index (Phi) is 9.98. The maximum atomic E-state index is 14.3. The lowest BCUT2D eigenvalue weighted by molar-refractivity contribution is -0.184. The fourth-order valence-electron chi connectivity index (χ4n) is 4.89. The SMILES string of the molecule is CC(C)Oc1cccc2ccc(-c3nnc4ccc([C@@H](N5CCC(NCCF)C5)C(F)(F)F)cn34)nc12.Cl.Cl. The van der Waals surface area contributed by atoms with Crippen molar-refractivity contribution in [2.24, 2.45) is 0 Å². The first kappa shape index (κ1) is 30.8. The van der Waals surface area contributed by atoms with Crippen molar-refractivity contribution in [3.63, 3.8) is 0 Å². The largest absolute Gasteiger partial charge is 0.489 e. The second kappa shape index (κ2) is 12.6. The molecule has 212 valence electrons. The molecule has 0 aliphatic carbocycles. The van der Waals surface area contributed by atoms with E-state index in [0.29, 0.717) is 34.9 Å². The van der Waals surface area contributed by atoms with Crippen molar-refractivity contribution in [2.75, 3.05) is 26.3 Å². The predicted molar refractivity (Wildman–Crippen MR) is 147 cm³/mol. The van der Waals surface area contributed by atoms with E-state index >= 15 is 0 Å². The Bertz CT molecular complexity index is 1400. The van der Waals surface area contributed by atoms with Crippen molar-refractivity contribution in [1.82, 2.24) is 29.8 Å². The minimum absolute atomic E-state index is 0. The van der Waals surface area contributed by atoms with Gasteiger partial charge < -0.3 is 10.1 Å². The highest BCUT2D eigenvalue weighted by Gasteiger charge is 2.46. The summed E-state index contributed by atoms with van der Waals surface area (Å²) in [6.07, 6.45) is -2.59. The number of hydrogen-bond donors (Lipinski definition) is 1. The van der Waals surface area contributed by atoms with E-state index in [-0.39, 0.29) is 62.2 Å². The number of para-hydroxylation sites is 1. The van der Waals surface area contributed by atoms with Crippen molar-refractivity contribution >= 4 is 41.4 Å². The van der Waals surface area contributed by atoms with Gasteiger partial charge in [-0.15, -0.1) is 35.0 Å². The van der Waals surface area contributed by atoms with Gasteiger partial charge in [0.2, 0.25) is 0 Å². The van der Waals surface area contributed by atoms with Crippen LogP contribution in [0, 0.1) is 0 Å². The van der Waals surface area contributed by atoms with E-state index < -0.39 is 18.9 Å². The summed E-state index contributed by atoms with van der Waals surface area (Å²) in [5.74, 6) is 0.953. The van der Waals surface area contributed by atoms with Crippen molar-refractivity contribution in [3.8, 4) is 17.3 Å². The van der Waals surface area contributed by atoms with Gasteiger partial charge in [0.15, 0.2) is 11.5 Å². The third-order valence-electron chi connectivity index (χ3n) is 6.44. The highest BCUT2D eigenvalue weighted by Crippen LogP contribution is 2.40. The molecular weight excluding hydrogens is 559 g/mol. The highest BCUT2D eigenvalue weighted by atomic mass is 35.5. The van der Waals surface area contributed by atoms with Gasteiger partial charge in [-0.25, -0.2) is 9.37 Å². The maximum absolute atomic E-state index is 14.3. The number of ether oxygens (including phenoxy) is 1. The van der Waals surface area contributed by atoms with Crippen LogP contribution in [0.4, 0.5) is 17.6 Å². The molecule has 1 unspecified atom stereocenters. The topological polar surface area (TPSA) is 67.6 Å². The van der Waals surface area contributed by atoms with Gasteiger partial charge in [0, 0.05) is 37.3 Å². The number of nitrogens with zero attached hydrogens (tertiary/aromatic N) is 5. The zero-order valence-corrected chi connectivity index (χ0v) is 23.0. The number of alkyl halides is 4. The molecule has 0 amide bonds. The van der Waals surface area contributed by atoms with Crippen molar-refractivity contribution in [2.45, 2.75) is 44.6 Å². The molecule has 13 heteroatoms. The lowest BCUT2D eigenvalue weighted by atomic mass is 10.1. The third kappa shape index (κ3) is 6.54. The average Bonchev–Trinajstić information content (AvgIpc) is 3.48. The molecule has 0 saturated carbocycles. The normalized spacial score (nSPS) is 16.8. The van der Waals surface area contributed by atoms with Gasteiger partial charge >= 0.3 is 6.18 Å². The molecule has 4 heterocycles. The third-order valence-corrected chi connectivity index (χ3v) is 6.44. The lowest BCUT2D eigenvalue weighted by Gasteiger charge is -2.30. The first-order valence-electron chi connectivity index (χ1n) is 12.3. The molecule has 0 bridgehead atoms. The monoisotopic (exact) mass is 588 g/mol. The summed E-state index contributed by atoms with van der Waals surface area (Å²) in [6.45, 7) is 3.86. The molecular formula is C26H30Cl2F4N6O. The first-order chi connectivity index (χ1) is 17.7. The Morgan fingerprint density at radius 1 is 1.08 bits per heavy atom. The van der Waals surface area contributed by atoms with Crippen LogP contribution in [-0.4, -0.2) is 69.1 Å². The number of pyridine rings is 2. The predicted octanol–water partition coefficient (Wildman–Crippen LogP) is 5.81. The van der Waals surface area contributed by atoms with Crippen LogP contribution < -0.4 is 10.1 Å². The molecule has 2 atom stereocenters. The molecule has 7 nitrogen and oxygen atoms in total. The highest BCUT2D eigenvalue weighted by molar-refractivity contribution is 5.86. The number of rotatable bonds is 8. The minimum Gasteiger partial charge on any atom is -0.489 e. The fraction of sp³-hybridized carbons (Fsp3) is 0.423. The molecule has 1 saturated heterocycles. The van der Waals surface area contributed by atoms with Gasteiger partial charge in [0.05, 0.1) is 6.10 Å². The van der Waals surface area contributed by atoms with E-state index in [1.165, 1.54) is 23.2 Å². The molecule has 39 heavy (non-hydrogen) atoms. The van der Waals surface area contributed by atoms with E-state index in [2.05, 4.69) is 15.5 Å². The van der Waals surface area contributed by atoms with Gasteiger partial charge in [0.25, 0.3) is 0 Å². The Morgan fingerprint density at radius 2 is 1.87 bits per heavy atom. The van der Waals surface area contributed by atoms with Gasteiger partial charge in [-0.2, -0.15) is 13.2 Å². The van der Waals surface area contributed by atoms with Crippen LogP contribution >= 0.6 is 24.8 Å². The summed E-state index contributed by atoms with van der Waals surface area (Å²) in [6, 6.07) is 10.3. The molecule has 1 aliphatic heterocycles. The van der Waals surface area contributed by atoms with E-state index in [9.17, 15) is 17.6 Å². The van der Waals surface area contributed by atoms with Gasteiger partial charge in [-0.05, 0) is 44.0 Å². The number of nitrogens with one attached hydrogen (secondary N) is 1. The Morgan fingerprint density at radius 3 is 2.59 bits per heavy atom. The summed E-state index contributed by atoms with van der Waals surface area (Å²) < 4.78 is 62.9. The van der Waals surface area contributed by atoms with Gasteiger partial charge in [0.1, 0.15) is 29.7 Å². The maximum Gasteiger partial charge on any atom is 0.408 e. The Labute approximate surface area is 235 Å². The quantitative estimate of drug-likeness (QED) is 0.262. The number of likely N-dealkylation sites (tertiary alicyclic amines) is 1. The number of benzene rings is 1. The minimum atomic E-state index is -4.50. The van der Waals surface area contributed by atoms with Gasteiger partial charge in [-0.3, -0.25) is 9.30 Å². The molecule has 1 aromatic carbocycles. The Hall–Kier alpha value is -2.73. The first-order valence-corrected chi connectivity index (χ1v) is 12.3. The summed E-state index contributed by atoms with van der Waals surface area (Å²) in [4.78, 5) is 6.13. The Balaban J connectivity index is 0.00000210. The number of aromatic nitrogens is 4. The number of hydrogen-bond acceptors (Lipinski definition) is 6. The van der Waals surface area contributed by atoms with Crippen molar-refractivity contribution in [1.29, 1.82) is 0 Å². The van der Waals surface area contributed by atoms with Crippen LogP contribution in [0.5, 0.6) is 5.75 Å². The summed E-state index contributed by atoms with van der Waals surface area (Å²) in [7, 11) is 0.